The average Bonchev–Trinajstić information content (AvgIpc) is 3.24. The van der Waals surface area contributed by atoms with Crippen molar-refractivity contribution in [3.8, 4) is 22.8 Å². The van der Waals surface area contributed by atoms with Crippen molar-refractivity contribution in [2.75, 3.05) is 14.2 Å². The number of methoxy groups -OCH3 is 2. The van der Waals surface area contributed by atoms with Gasteiger partial charge in [0.05, 0.1) is 26.5 Å². The van der Waals surface area contributed by atoms with Gasteiger partial charge in [0.25, 0.3) is 0 Å². The monoisotopic (exact) mass is 417 g/mol. The molecule has 2 aromatic heterocycles. The molecule has 1 amide bonds. The molecule has 0 fully saturated rings. The molecule has 0 bridgehead atoms. The highest BCUT2D eigenvalue weighted by Crippen LogP contribution is 2.21. The molecule has 0 saturated carbocycles. The zero-order chi connectivity index (χ0) is 21.6. The zero-order valence-corrected chi connectivity index (χ0v) is 17.4. The van der Waals surface area contributed by atoms with E-state index in [1.165, 1.54) is 0 Å². The predicted octanol–water partition coefficient (Wildman–Crippen LogP) is 3.06. The highest BCUT2D eigenvalue weighted by atomic mass is 16.5. The summed E-state index contributed by atoms with van der Waals surface area (Å²) in [6, 6.07) is 19.1. The molecule has 0 aliphatic rings. The highest BCUT2D eigenvalue weighted by molar-refractivity contribution is 5.76. The summed E-state index contributed by atoms with van der Waals surface area (Å²) in [6.07, 6.45) is 0.998. The zero-order valence-electron chi connectivity index (χ0n) is 17.4. The Morgan fingerprint density at radius 2 is 1.77 bits per heavy atom. The maximum Gasteiger partial charge on any atom is 0.220 e. The van der Waals surface area contributed by atoms with Crippen LogP contribution in [-0.4, -0.2) is 39.9 Å². The van der Waals surface area contributed by atoms with Crippen LogP contribution in [0.15, 0.2) is 60.7 Å². The third-order valence-corrected chi connectivity index (χ3v) is 4.93. The molecular weight excluding hydrogens is 394 g/mol. The van der Waals surface area contributed by atoms with E-state index in [2.05, 4.69) is 20.6 Å². The lowest BCUT2D eigenvalue weighted by Crippen LogP contribution is -2.24. The Morgan fingerprint density at radius 1 is 0.968 bits per heavy atom. The summed E-state index contributed by atoms with van der Waals surface area (Å²) in [6.45, 7) is 0.247. The Kier molecular flexibility index (Phi) is 6.07. The number of aromatic nitrogens is 4. The van der Waals surface area contributed by atoms with Crippen molar-refractivity contribution in [2.45, 2.75) is 19.4 Å². The summed E-state index contributed by atoms with van der Waals surface area (Å²) in [7, 11) is 3.26. The molecule has 2 heterocycles. The minimum Gasteiger partial charge on any atom is -0.497 e. The second-order valence-corrected chi connectivity index (χ2v) is 6.96. The summed E-state index contributed by atoms with van der Waals surface area (Å²) in [5.41, 5.74) is 3.40. The minimum atomic E-state index is -0.0640. The second kappa shape index (κ2) is 9.25. The Hall–Kier alpha value is -3.94. The maximum atomic E-state index is 12.3. The van der Waals surface area contributed by atoms with Crippen LogP contribution < -0.4 is 14.8 Å². The van der Waals surface area contributed by atoms with Crippen LogP contribution in [0.4, 0.5) is 0 Å². The van der Waals surface area contributed by atoms with Gasteiger partial charge in [0.1, 0.15) is 11.5 Å². The van der Waals surface area contributed by atoms with Gasteiger partial charge in [-0.1, -0.05) is 12.1 Å². The first-order valence-corrected chi connectivity index (χ1v) is 9.91. The number of nitrogens with zero attached hydrogens (tertiary/aromatic N) is 4. The van der Waals surface area contributed by atoms with Crippen molar-refractivity contribution < 1.29 is 14.3 Å². The molecule has 8 heteroatoms. The molecule has 0 saturated heterocycles. The van der Waals surface area contributed by atoms with Gasteiger partial charge in [-0.2, -0.15) is 9.61 Å². The largest absolute Gasteiger partial charge is 0.497 e. The molecule has 0 unspecified atom stereocenters. The smallest absolute Gasteiger partial charge is 0.220 e. The standard InChI is InChI=1S/C23H23N5O3/c1-30-18-9-7-17(8-10-18)20-11-12-21-25-26-22(28(21)27-20)15-24-23(29)13-6-16-4-3-5-19(14-16)31-2/h3-5,7-12,14H,6,13,15H2,1-2H3,(H,24,29). The van der Waals surface area contributed by atoms with E-state index in [-0.39, 0.29) is 12.5 Å². The molecular formula is C23H23N5O3. The molecule has 2 aromatic carbocycles. The predicted molar refractivity (Wildman–Crippen MR) is 116 cm³/mol. The van der Waals surface area contributed by atoms with Crippen molar-refractivity contribution in [3.05, 3.63) is 72.1 Å². The number of ether oxygens (including phenoxy) is 2. The molecule has 4 rings (SSSR count). The number of carbonyl (C=O) groups excluding carboxylic acids is 1. The topological polar surface area (TPSA) is 90.6 Å². The average molecular weight is 417 g/mol. The number of aryl methyl sites for hydroxylation is 1. The van der Waals surface area contributed by atoms with Crippen LogP contribution in [-0.2, 0) is 17.8 Å². The third-order valence-electron chi connectivity index (χ3n) is 4.93. The van der Waals surface area contributed by atoms with Crippen molar-refractivity contribution in [1.29, 1.82) is 0 Å². The van der Waals surface area contributed by atoms with Crippen LogP contribution in [0, 0.1) is 0 Å². The van der Waals surface area contributed by atoms with E-state index in [0.29, 0.717) is 24.3 Å². The normalized spacial score (nSPS) is 10.8. The molecule has 8 nitrogen and oxygen atoms in total. The summed E-state index contributed by atoms with van der Waals surface area (Å²) >= 11 is 0. The van der Waals surface area contributed by atoms with Crippen molar-refractivity contribution in [1.82, 2.24) is 25.1 Å². The van der Waals surface area contributed by atoms with E-state index in [1.807, 2.05) is 60.7 Å². The van der Waals surface area contributed by atoms with Crippen LogP contribution >= 0.6 is 0 Å². The molecule has 0 aliphatic heterocycles. The van der Waals surface area contributed by atoms with E-state index in [0.717, 1.165) is 28.3 Å². The Balaban J connectivity index is 1.41. The highest BCUT2D eigenvalue weighted by Gasteiger charge is 2.11. The molecule has 158 valence electrons. The minimum absolute atomic E-state index is 0.0640. The first-order chi connectivity index (χ1) is 15.2. The molecule has 0 atom stereocenters. The van der Waals surface area contributed by atoms with E-state index < -0.39 is 0 Å². The quantitative estimate of drug-likeness (QED) is 0.474. The first-order valence-electron chi connectivity index (χ1n) is 9.91. The summed E-state index contributed by atoms with van der Waals surface area (Å²) < 4.78 is 12.1. The van der Waals surface area contributed by atoms with Crippen LogP contribution in [0.25, 0.3) is 16.9 Å². The fourth-order valence-corrected chi connectivity index (χ4v) is 3.21. The van der Waals surface area contributed by atoms with E-state index >= 15 is 0 Å². The van der Waals surface area contributed by atoms with Gasteiger partial charge in [-0.15, -0.1) is 10.2 Å². The van der Waals surface area contributed by atoms with Gasteiger partial charge >= 0.3 is 0 Å². The van der Waals surface area contributed by atoms with Crippen molar-refractivity contribution >= 4 is 11.6 Å². The van der Waals surface area contributed by atoms with Gasteiger partial charge in [0, 0.05) is 12.0 Å². The molecule has 0 aliphatic carbocycles. The second-order valence-electron chi connectivity index (χ2n) is 6.96. The van der Waals surface area contributed by atoms with E-state index in [1.54, 1.807) is 18.7 Å². The van der Waals surface area contributed by atoms with Gasteiger partial charge < -0.3 is 14.8 Å². The molecule has 1 N–H and O–H groups in total. The van der Waals surface area contributed by atoms with Crippen molar-refractivity contribution in [2.24, 2.45) is 0 Å². The molecule has 0 radical (unpaired) electrons. The number of carbonyl (C=O) groups is 1. The van der Waals surface area contributed by atoms with Gasteiger partial charge in [-0.25, -0.2) is 0 Å². The van der Waals surface area contributed by atoms with Gasteiger partial charge in [0.2, 0.25) is 5.91 Å². The Labute approximate surface area is 179 Å². The third kappa shape index (κ3) is 4.80. The fraction of sp³-hybridized carbons (Fsp3) is 0.217. The number of nitrogens with one attached hydrogen (secondary N) is 1. The van der Waals surface area contributed by atoms with Gasteiger partial charge in [-0.3, -0.25) is 4.79 Å². The van der Waals surface area contributed by atoms with Gasteiger partial charge in [0.15, 0.2) is 11.5 Å². The SMILES string of the molecule is COc1ccc(-c2ccc3nnc(CNC(=O)CCc4cccc(OC)c4)n3n2)cc1. The molecule has 0 spiro atoms. The van der Waals surface area contributed by atoms with Crippen LogP contribution in [0.5, 0.6) is 11.5 Å². The number of benzene rings is 2. The summed E-state index contributed by atoms with van der Waals surface area (Å²) in [5, 5.41) is 15.8. The number of rotatable bonds is 8. The number of hydrogen-bond donors (Lipinski definition) is 1. The van der Waals surface area contributed by atoms with E-state index in [4.69, 9.17) is 9.47 Å². The lowest BCUT2D eigenvalue weighted by molar-refractivity contribution is -0.121. The fourth-order valence-electron chi connectivity index (χ4n) is 3.21. The first kappa shape index (κ1) is 20.3. The molecule has 4 aromatic rings. The van der Waals surface area contributed by atoms with Crippen molar-refractivity contribution in [3.63, 3.8) is 0 Å². The lowest BCUT2D eigenvalue weighted by atomic mass is 10.1. The van der Waals surface area contributed by atoms with Crippen LogP contribution in [0.3, 0.4) is 0 Å². The molecule has 31 heavy (non-hydrogen) atoms. The van der Waals surface area contributed by atoms with E-state index in [9.17, 15) is 4.79 Å². The Bertz CT molecular complexity index is 1190. The number of fused-ring (bicyclic) bond motifs is 1. The van der Waals surface area contributed by atoms with Gasteiger partial charge in [-0.05, 0) is 60.5 Å². The lowest BCUT2D eigenvalue weighted by Gasteiger charge is -2.07. The summed E-state index contributed by atoms with van der Waals surface area (Å²) in [5.74, 6) is 2.07. The number of amides is 1. The van der Waals surface area contributed by atoms with Crippen LogP contribution in [0.2, 0.25) is 0 Å². The Morgan fingerprint density at radius 3 is 2.55 bits per heavy atom. The summed E-state index contributed by atoms with van der Waals surface area (Å²) in [4.78, 5) is 12.3. The van der Waals surface area contributed by atoms with Crippen LogP contribution in [0.1, 0.15) is 17.8 Å². The maximum absolute atomic E-state index is 12.3. The number of hydrogen-bond acceptors (Lipinski definition) is 6.